The molecule has 0 aliphatic heterocycles. The van der Waals surface area contributed by atoms with E-state index < -0.39 is 24.1 Å². The molecular weight excluding hydrogens is 384 g/mol. The lowest BCUT2D eigenvalue weighted by atomic mass is 10.1. The Hall–Kier alpha value is -3.46. The predicted octanol–water partition coefficient (Wildman–Crippen LogP) is 2.09. The van der Waals surface area contributed by atoms with E-state index in [2.05, 4.69) is 0 Å². The second kappa shape index (κ2) is 10.2. The van der Waals surface area contributed by atoms with Crippen LogP contribution in [0.4, 0.5) is 0 Å². The van der Waals surface area contributed by atoms with Crippen LogP contribution in [0.5, 0.6) is 23.0 Å². The summed E-state index contributed by atoms with van der Waals surface area (Å²) in [4.78, 5) is 23.5. The molecule has 2 aromatic rings. The summed E-state index contributed by atoms with van der Waals surface area (Å²) >= 11 is 0. The van der Waals surface area contributed by atoms with Crippen LogP contribution in [0.1, 0.15) is 0 Å². The Kier molecular flexibility index (Phi) is 7.67. The van der Waals surface area contributed by atoms with Crippen molar-refractivity contribution in [1.82, 2.24) is 0 Å². The minimum absolute atomic E-state index is 0.0336. The lowest BCUT2D eigenvalue weighted by Gasteiger charge is -2.26. The average Bonchev–Trinajstić information content (AvgIpc) is 2.72. The molecule has 2 rings (SSSR count). The van der Waals surface area contributed by atoms with Gasteiger partial charge in [0, 0.05) is 0 Å². The monoisotopic (exact) mass is 406 g/mol. The van der Waals surface area contributed by atoms with Gasteiger partial charge in [0.25, 0.3) is 0 Å². The molecule has 0 aliphatic carbocycles. The lowest BCUT2D eigenvalue weighted by molar-refractivity contribution is -0.178. The zero-order chi connectivity index (χ0) is 21.3. The SMILES string of the molecule is COc1ccccc1OCCOCC(Oc1ccccc1OC)(C(=O)O)C(=O)O. The van der Waals surface area contributed by atoms with Crippen LogP contribution in [0.25, 0.3) is 0 Å². The Balaban J connectivity index is 2.03. The molecule has 0 atom stereocenters. The standard InChI is InChI=1S/C20H22O9/c1-25-14-7-3-5-9-16(14)28-12-11-27-13-20(18(21)22,19(23)24)29-17-10-6-4-8-15(17)26-2/h3-10H,11-13H2,1-2H3,(H,21,22)(H,23,24). The van der Waals surface area contributed by atoms with E-state index in [0.717, 1.165) is 0 Å². The minimum Gasteiger partial charge on any atom is -0.493 e. The van der Waals surface area contributed by atoms with Crippen LogP contribution in [-0.4, -0.2) is 61.8 Å². The summed E-state index contributed by atoms with van der Waals surface area (Å²) in [6, 6.07) is 13.1. The third-order valence-electron chi connectivity index (χ3n) is 3.90. The Morgan fingerprint density at radius 2 is 1.28 bits per heavy atom. The molecule has 0 aliphatic rings. The number of para-hydroxylation sites is 4. The molecule has 2 aromatic carbocycles. The van der Waals surface area contributed by atoms with Crippen LogP contribution in [0, 0.1) is 0 Å². The van der Waals surface area contributed by atoms with Crippen molar-refractivity contribution in [2.24, 2.45) is 0 Å². The summed E-state index contributed by atoms with van der Waals surface area (Å²) in [5, 5.41) is 19.1. The zero-order valence-corrected chi connectivity index (χ0v) is 16.0. The molecular formula is C20H22O9. The van der Waals surface area contributed by atoms with Crippen molar-refractivity contribution >= 4 is 11.9 Å². The van der Waals surface area contributed by atoms with E-state index in [0.29, 0.717) is 11.5 Å². The van der Waals surface area contributed by atoms with Gasteiger partial charge in [-0.15, -0.1) is 0 Å². The van der Waals surface area contributed by atoms with E-state index in [1.54, 1.807) is 36.4 Å². The molecule has 0 unspecified atom stereocenters. The summed E-state index contributed by atoms with van der Waals surface area (Å²) in [6.45, 7) is -0.773. The molecule has 156 valence electrons. The number of aliphatic carboxylic acids is 2. The highest BCUT2D eigenvalue weighted by Gasteiger charge is 2.50. The molecule has 0 fully saturated rings. The van der Waals surface area contributed by atoms with Gasteiger partial charge in [-0.25, -0.2) is 9.59 Å². The maximum Gasteiger partial charge on any atom is 0.362 e. The molecule has 9 heteroatoms. The van der Waals surface area contributed by atoms with Gasteiger partial charge in [0.2, 0.25) is 0 Å². The van der Waals surface area contributed by atoms with Crippen molar-refractivity contribution in [2.75, 3.05) is 34.0 Å². The van der Waals surface area contributed by atoms with Gasteiger partial charge in [-0.05, 0) is 24.3 Å². The number of carboxylic acids is 2. The van der Waals surface area contributed by atoms with Crippen LogP contribution < -0.4 is 18.9 Å². The fraction of sp³-hybridized carbons (Fsp3) is 0.300. The molecule has 0 saturated heterocycles. The molecule has 0 aromatic heterocycles. The first kappa shape index (κ1) is 21.8. The Morgan fingerprint density at radius 1 is 0.793 bits per heavy atom. The molecule has 0 heterocycles. The molecule has 0 spiro atoms. The molecule has 0 radical (unpaired) electrons. The summed E-state index contributed by atoms with van der Waals surface area (Å²) in [6.07, 6.45) is 0. The second-order valence-corrected chi connectivity index (χ2v) is 5.74. The van der Waals surface area contributed by atoms with Gasteiger partial charge >= 0.3 is 17.5 Å². The third kappa shape index (κ3) is 5.29. The lowest BCUT2D eigenvalue weighted by Crippen LogP contribution is -2.55. The van der Waals surface area contributed by atoms with Gasteiger partial charge in [-0.3, -0.25) is 0 Å². The average molecular weight is 406 g/mol. The van der Waals surface area contributed by atoms with Crippen LogP contribution >= 0.6 is 0 Å². The van der Waals surface area contributed by atoms with Crippen molar-refractivity contribution < 1.29 is 43.5 Å². The first-order chi connectivity index (χ1) is 13.9. The third-order valence-corrected chi connectivity index (χ3v) is 3.90. The predicted molar refractivity (Wildman–Crippen MR) is 101 cm³/mol. The van der Waals surface area contributed by atoms with Crippen molar-refractivity contribution in [3.63, 3.8) is 0 Å². The fourth-order valence-corrected chi connectivity index (χ4v) is 2.39. The quantitative estimate of drug-likeness (QED) is 0.403. The first-order valence-corrected chi connectivity index (χ1v) is 8.57. The molecule has 9 nitrogen and oxygen atoms in total. The van der Waals surface area contributed by atoms with Crippen LogP contribution in [0.15, 0.2) is 48.5 Å². The summed E-state index contributed by atoms with van der Waals surface area (Å²) in [5.41, 5.74) is -2.65. The number of carboxylic acid groups (broad SMARTS) is 2. The molecule has 2 N–H and O–H groups in total. The molecule has 0 amide bonds. The number of hydrogen-bond donors (Lipinski definition) is 2. The van der Waals surface area contributed by atoms with E-state index in [4.69, 9.17) is 23.7 Å². The summed E-state index contributed by atoms with van der Waals surface area (Å²) < 4.78 is 26.4. The Labute approximate surface area is 167 Å². The maximum atomic E-state index is 11.8. The largest absolute Gasteiger partial charge is 0.493 e. The smallest absolute Gasteiger partial charge is 0.362 e. The highest BCUT2D eigenvalue weighted by molar-refractivity contribution is 6.02. The number of methoxy groups -OCH3 is 2. The minimum atomic E-state index is -2.65. The van der Waals surface area contributed by atoms with Crippen LogP contribution in [0.3, 0.4) is 0 Å². The number of hydrogen-bond acceptors (Lipinski definition) is 7. The van der Waals surface area contributed by atoms with Gasteiger partial charge in [0.05, 0.1) is 20.8 Å². The van der Waals surface area contributed by atoms with Gasteiger partial charge in [-0.2, -0.15) is 0 Å². The normalized spacial score (nSPS) is 10.8. The Bertz CT molecular complexity index is 820. The number of carbonyl (C=O) groups is 2. The van der Waals surface area contributed by atoms with E-state index >= 15 is 0 Å². The van der Waals surface area contributed by atoms with Crippen molar-refractivity contribution in [3.05, 3.63) is 48.5 Å². The van der Waals surface area contributed by atoms with Crippen molar-refractivity contribution in [3.8, 4) is 23.0 Å². The van der Waals surface area contributed by atoms with Gasteiger partial charge in [0.1, 0.15) is 13.2 Å². The maximum absolute atomic E-state index is 11.8. The summed E-state index contributed by atoms with van der Waals surface area (Å²) in [7, 11) is 2.86. The van der Waals surface area contributed by atoms with E-state index in [1.807, 2.05) is 0 Å². The molecule has 0 bridgehead atoms. The number of rotatable bonds is 12. The first-order valence-electron chi connectivity index (χ1n) is 8.57. The number of ether oxygens (including phenoxy) is 5. The van der Waals surface area contributed by atoms with Gasteiger partial charge in [-0.1, -0.05) is 24.3 Å². The number of benzene rings is 2. The van der Waals surface area contributed by atoms with Crippen molar-refractivity contribution in [1.29, 1.82) is 0 Å². The van der Waals surface area contributed by atoms with E-state index in [1.165, 1.54) is 26.4 Å². The van der Waals surface area contributed by atoms with Gasteiger partial charge < -0.3 is 33.9 Å². The fourth-order valence-electron chi connectivity index (χ4n) is 2.39. The molecule has 0 saturated carbocycles. The highest BCUT2D eigenvalue weighted by Crippen LogP contribution is 2.30. The molecule has 29 heavy (non-hydrogen) atoms. The second-order valence-electron chi connectivity index (χ2n) is 5.74. The van der Waals surface area contributed by atoms with Crippen LogP contribution in [0.2, 0.25) is 0 Å². The van der Waals surface area contributed by atoms with E-state index in [9.17, 15) is 19.8 Å². The van der Waals surface area contributed by atoms with Crippen molar-refractivity contribution in [2.45, 2.75) is 5.60 Å². The highest BCUT2D eigenvalue weighted by atomic mass is 16.6. The van der Waals surface area contributed by atoms with Gasteiger partial charge in [0.15, 0.2) is 23.0 Å². The van der Waals surface area contributed by atoms with Crippen LogP contribution in [-0.2, 0) is 14.3 Å². The van der Waals surface area contributed by atoms with E-state index in [-0.39, 0.29) is 24.7 Å². The zero-order valence-electron chi connectivity index (χ0n) is 16.0. The Morgan fingerprint density at radius 3 is 1.79 bits per heavy atom. The topological polar surface area (TPSA) is 121 Å². The summed E-state index contributed by atoms with van der Waals surface area (Å²) in [5.74, 6) is -2.25.